The van der Waals surface area contributed by atoms with Gasteiger partial charge in [0, 0.05) is 19.3 Å². The Hall–Kier alpha value is -1.73. The van der Waals surface area contributed by atoms with Crippen LogP contribution in [0.2, 0.25) is 0 Å². The number of hydrogen-bond acceptors (Lipinski definition) is 6. The highest BCUT2D eigenvalue weighted by Crippen LogP contribution is 2.23. The molecule has 0 fully saturated rings. The lowest BCUT2D eigenvalue weighted by molar-refractivity contribution is 0.0962. The molecule has 0 aliphatic heterocycles. The first-order chi connectivity index (χ1) is 8.95. The maximum Gasteiger partial charge on any atom is 0.261 e. The summed E-state index contributed by atoms with van der Waals surface area (Å²) in [7, 11) is 1.86. The lowest BCUT2D eigenvalue weighted by atomic mass is 10.1. The summed E-state index contributed by atoms with van der Waals surface area (Å²) in [5, 5.41) is 8.09. The van der Waals surface area contributed by atoms with Crippen LogP contribution < -0.4 is 5.73 Å². The number of aromatic nitrogens is 4. The molecular formula is C12H19N5O2. The number of ether oxygens (including phenoxy) is 1. The van der Waals surface area contributed by atoms with Crippen molar-refractivity contribution < 1.29 is 9.26 Å². The van der Waals surface area contributed by atoms with Crippen molar-refractivity contribution in [2.45, 2.75) is 26.3 Å². The lowest BCUT2D eigenvalue weighted by Gasteiger charge is -2.19. The van der Waals surface area contributed by atoms with Crippen molar-refractivity contribution in [3.05, 3.63) is 17.7 Å². The zero-order chi connectivity index (χ0) is 14.0. The van der Waals surface area contributed by atoms with Crippen molar-refractivity contribution in [2.24, 2.45) is 12.8 Å². The zero-order valence-corrected chi connectivity index (χ0v) is 11.7. The minimum atomic E-state index is -0.770. The predicted molar refractivity (Wildman–Crippen MR) is 69.3 cm³/mol. The maximum absolute atomic E-state index is 6.13. The number of aryl methyl sites for hydroxylation is 1. The van der Waals surface area contributed by atoms with Crippen molar-refractivity contribution >= 4 is 0 Å². The van der Waals surface area contributed by atoms with E-state index in [2.05, 4.69) is 15.2 Å². The van der Waals surface area contributed by atoms with E-state index in [1.807, 2.05) is 27.8 Å². The third-order valence-electron chi connectivity index (χ3n) is 3.01. The van der Waals surface area contributed by atoms with Crippen LogP contribution in [0.5, 0.6) is 0 Å². The number of nitrogens with two attached hydrogens (primary N) is 1. The van der Waals surface area contributed by atoms with Crippen LogP contribution in [0.1, 0.15) is 25.4 Å². The average molecular weight is 265 g/mol. The highest BCUT2D eigenvalue weighted by atomic mass is 16.5. The Morgan fingerprint density at radius 3 is 2.84 bits per heavy atom. The molecular weight excluding hydrogens is 246 g/mol. The summed E-state index contributed by atoms with van der Waals surface area (Å²) in [4.78, 5) is 4.34. The van der Waals surface area contributed by atoms with Crippen LogP contribution in [-0.2, 0) is 17.3 Å². The molecule has 0 bridgehead atoms. The van der Waals surface area contributed by atoms with Crippen LogP contribution in [0.3, 0.4) is 0 Å². The van der Waals surface area contributed by atoms with E-state index in [1.54, 1.807) is 10.9 Å². The molecule has 2 aromatic rings. The van der Waals surface area contributed by atoms with Gasteiger partial charge in [-0.1, -0.05) is 5.16 Å². The molecule has 2 heterocycles. The average Bonchev–Trinajstić information content (AvgIpc) is 2.96. The van der Waals surface area contributed by atoms with Gasteiger partial charge in [0.05, 0.1) is 18.4 Å². The van der Waals surface area contributed by atoms with E-state index in [-0.39, 0.29) is 0 Å². The second kappa shape index (κ2) is 5.10. The second-order valence-corrected chi connectivity index (χ2v) is 4.75. The van der Waals surface area contributed by atoms with E-state index < -0.39 is 5.54 Å². The number of hydrogen-bond donors (Lipinski definition) is 1. The largest absolute Gasteiger partial charge is 0.379 e. The summed E-state index contributed by atoms with van der Waals surface area (Å²) in [6.07, 6.45) is 1.70. The predicted octanol–water partition coefficient (Wildman–Crippen LogP) is 0.989. The van der Waals surface area contributed by atoms with Gasteiger partial charge in [0.15, 0.2) is 5.82 Å². The Bertz CT molecular complexity index is 558. The molecule has 0 radical (unpaired) electrons. The minimum absolute atomic E-state index is 0.342. The van der Waals surface area contributed by atoms with Gasteiger partial charge < -0.3 is 15.0 Å². The van der Waals surface area contributed by atoms with E-state index in [4.69, 9.17) is 15.0 Å². The fourth-order valence-corrected chi connectivity index (χ4v) is 1.65. The van der Waals surface area contributed by atoms with E-state index in [0.717, 1.165) is 11.3 Å². The Morgan fingerprint density at radius 2 is 2.26 bits per heavy atom. The lowest BCUT2D eigenvalue weighted by Crippen LogP contribution is -2.39. The molecule has 0 aliphatic carbocycles. The quantitative estimate of drug-likeness (QED) is 0.866. The fourth-order valence-electron chi connectivity index (χ4n) is 1.65. The van der Waals surface area contributed by atoms with Crippen molar-refractivity contribution in [1.29, 1.82) is 0 Å². The molecule has 2 N–H and O–H groups in total. The van der Waals surface area contributed by atoms with Gasteiger partial charge in [0.1, 0.15) is 5.54 Å². The van der Waals surface area contributed by atoms with Crippen molar-refractivity contribution in [2.75, 3.05) is 13.2 Å². The smallest absolute Gasteiger partial charge is 0.261 e. The maximum atomic E-state index is 6.13. The Labute approximate surface area is 111 Å². The van der Waals surface area contributed by atoms with Crippen LogP contribution >= 0.6 is 0 Å². The SMILES string of the molecule is CCOCC(C)(N)c1noc(-c2cnn(C)c2C)n1. The van der Waals surface area contributed by atoms with Crippen LogP contribution in [0, 0.1) is 6.92 Å². The molecule has 7 heteroatoms. The van der Waals surface area contributed by atoms with E-state index in [9.17, 15) is 0 Å². The van der Waals surface area contributed by atoms with Gasteiger partial charge in [-0.15, -0.1) is 0 Å². The molecule has 2 aromatic heterocycles. The summed E-state index contributed by atoms with van der Waals surface area (Å²) in [6, 6.07) is 0. The zero-order valence-electron chi connectivity index (χ0n) is 11.7. The molecule has 0 saturated carbocycles. The molecule has 1 unspecified atom stereocenters. The fraction of sp³-hybridized carbons (Fsp3) is 0.583. The van der Waals surface area contributed by atoms with Gasteiger partial charge in [0.2, 0.25) is 0 Å². The van der Waals surface area contributed by atoms with Crippen LogP contribution in [-0.4, -0.2) is 33.1 Å². The van der Waals surface area contributed by atoms with Crippen LogP contribution in [0.4, 0.5) is 0 Å². The highest BCUT2D eigenvalue weighted by Gasteiger charge is 2.28. The summed E-state index contributed by atoms with van der Waals surface area (Å²) < 4.78 is 12.3. The van der Waals surface area contributed by atoms with Crippen molar-refractivity contribution in [3.8, 4) is 11.5 Å². The van der Waals surface area contributed by atoms with E-state index in [1.165, 1.54) is 0 Å². The third kappa shape index (κ3) is 2.66. The van der Waals surface area contributed by atoms with Gasteiger partial charge >= 0.3 is 0 Å². The molecule has 0 spiro atoms. The van der Waals surface area contributed by atoms with Crippen molar-refractivity contribution in [1.82, 2.24) is 19.9 Å². The van der Waals surface area contributed by atoms with Gasteiger partial charge in [0.25, 0.3) is 5.89 Å². The normalized spacial score (nSPS) is 14.6. The summed E-state index contributed by atoms with van der Waals surface area (Å²) in [5.74, 6) is 0.855. The van der Waals surface area contributed by atoms with E-state index >= 15 is 0 Å². The Balaban J connectivity index is 2.26. The monoisotopic (exact) mass is 265 g/mol. The standard InChI is InChI=1S/C12H19N5O2/c1-5-18-7-12(3,13)11-15-10(19-16-11)9-6-14-17(4)8(9)2/h6H,5,7,13H2,1-4H3. The van der Waals surface area contributed by atoms with Gasteiger partial charge in [-0.3, -0.25) is 4.68 Å². The van der Waals surface area contributed by atoms with Crippen molar-refractivity contribution in [3.63, 3.8) is 0 Å². The summed E-state index contributed by atoms with van der Waals surface area (Å²) in [5.41, 5.74) is 7.13. The Kier molecular flexibility index (Phi) is 3.68. The molecule has 0 aliphatic rings. The molecule has 0 amide bonds. The van der Waals surface area contributed by atoms with Crippen LogP contribution in [0.15, 0.2) is 10.7 Å². The van der Waals surface area contributed by atoms with Gasteiger partial charge in [-0.2, -0.15) is 10.1 Å². The third-order valence-corrected chi connectivity index (χ3v) is 3.01. The molecule has 0 aromatic carbocycles. The molecule has 104 valence electrons. The molecule has 19 heavy (non-hydrogen) atoms. The van der Waals surface area contributed by atoms with Crippen LogP contribution in [0.25, 0.3) is 11.5 Å². The summed E-state index contributed by atoms with van der Waals surface area (Å²) in [6.45, 7) is 6.60. The number of rotatable bonds is 5. The minimum Gasteiger partial charge on any atom is -0.379 e. The highest BCUT2D eigenvalue weighted by molar-refractivity contribution is 5.54. The molecule has 7 nitrogen and oxygen atoms in total. The first-order valence-electron chi connectivity index (χ1n) is 6.15. The Morgan fingerprint density at radius 1 is 1.53 bits per heavy atom. The van der Waals surface area contributed by atoms with Gasteiger partial charge in [-0.25, -0.2) is 0 Å². The van der Waals surface area contributed by atoms with E-state index in [0.29, 0.717) is 24.9 Å². The van der Waals surface area contributed by atoms with Gasteiger partial charge in [-0.05, 0) is 20.8 Å². The summed E-state index contributed by atoms with van der Waals surface area (Å²) >= 11 is 0. The number of nitrogens with zero attached hydrogens (tertiary/aromatic N) is 4. The second-order valence-electron chi connectivity index (χ2n) is 4.75. The first-order valence-corrected chi connectivity index (χ1v) is 6.15. The topological polar surface area (TPSA) is 92.0 Å². The molecule has 0 saturated heterocycles. The molecule has 2 rings (SSSR count). The first kappa shape index (κ1) is 13.7. The molecule has 1 atom stereocenters.